The molecule has 7 heteroatoms. The van der Waals surface area contributed by atoms with E-state index in [0.29, 0.717) is 0 Å². The predicted molar refractivity (Wildman–Crippen MR) is 39.3 cm³/mol. The monoisotopic (exact) mass is 209 g/mol. The Morgan fingerprint density at radius 2 is 2.07 bits per heavy atom. The maximum absolute atomic E-state index is 12.0. The summed E-state index contributed by atoms with van der Waals surface area (Å²) in [7, 11) is 0. The Morgan fingerprint density at radius 3 is 2.50 bits per heavy atom. The molecule has 0 saturated heterocycles. The summed E-state index contributed by atoms with van der Waals surface area (Å²) in [5.41, 5.74) is 0. The molecule has 0 unspecified atom stereocenters. The Balaban J connectivity index is 2.64. The van der Waals surface area contributed by atoms with Crippen molar-refractivity contribution in [3.63, 3.8) is 0 Å². The van der Waals surface area contributed by atoms with Crippen molar-refractivity contribution in [1.29, 1.82) is 0 Å². The summed E-state index contributed by atoms with van der Waals surface area (Å²) in [5.74, 6) is -1.16. The van der Waals surface area contributed by atoms with E-state index in [1.165, 1.54) is 0 Å². The molecule has 1 rings (SSSR count). The Morgan fingerprint density at radius 1 is 1.43 bits per heavy atom. The first-order valence-corrected chi connectivity index (χ1v) is 3.67. The molecule has 0 saturated carbocycles. The first kappa shape index (κ1) is 10.6. The van der Waals surface area contributed by atoms with Gasteiger partial charge in [-0.2, -0.15) is 13.2 Å². The topological polar surface area (TPSA) is 56.3 Å². The fourth-order valence-electron chi connectivity index (χ4n) is 0.866. The maximum Gasteiger partial charge on any atom is 0.449 e. The Hall–Kier alpha value is -1.53. The number of furan rings is 1. The molecule has 0 fully saturated rings. The lowest BCUT2D eigenvalue weighted by atomic mass is 10.3. The third kappa shape index (κ3) is 2.75. The Bertz CT molecular complexity index is 331. The van der Waals surface area contributed by atoms with Crippen LogP contribution in [0.15, 0.2) is 16.5 Å². The standard InChI is InChI=1S/C7H6F3NO3/c8-7(9,10)6-2-1-5(14-6)3-4-11(12)13/h1-2H,3-4H2. The van der Waals surface area contributed by atoms with Crippen molar-refractivity contribution in [2.75, 3.05) is 6.54 Å². The molecule has 1 aromatic rings. The van der Waals surface area contributed by atoms with E-state index >= 15 is 0 Å². The molecule has 14 heavy (non-hydrogen) atoms. The number of rotatable bonds is 3. The maximum atomic E-state index is 12.0. The van der Waals surface area contributed by atoms with Crippen LogP contribution in [0.3, 0.4) is 0 Å². The summed E-state index contributed by atoms with van der Waals surface area (Å²) in [6.45, 7) is -0.440. The number of halogens is 3. The molecule has 0 atom stereocenters. The molecule has 1 aromatic heterocycles. The highest BCUT2D eigenvalue weighted by atomic mass is 19.4. The van der Waals surface area contributed by atoms with Crippen molar-refractivity contribution in [2.45, 2.75) is 12.6 Å². The van der Waals surface area contributed by atoms with Crippen LogP contribution in [0, 0.1) is 10.1 Å². The second-order valence-corrected chi connectivity index (χ2v) is 2.57. The van der Waals surface area contributed by atoms with Crippen LogP contribution in [0.5, 0.6) is 0 Å². The molecule has 4 nitrogen and oxygen atoms in total. The zero-order valence-electron chi connectivity index (χ0n) is 6.87. The smallest absolute Gasteiger partial charge is 0.449 e. The summed E-state index contributed by atoms with van der Waals surface area (Å²) in [5, 5.41) is 9.92. The van der Waals surface area contributed by atoms with Crippen LogP contribution >= 0.6 is 0 Å². The van der Waals surface area contributed by atoms with Gasteiger partial charge < -0.3 is 4.42 Å². The Labute approximate surface area is 76.5 Å². The van der Waals surface area contributed by atoms with Crippen LogP contribution in [0.4, 0.5) is 13.2 Å². The largest absolute Gasteiger partial charge is 0.456 e. The minimum atomic E-state index is -4.53. The van der Waals surface area contributed by atoms with Crippen molar-refractivity contribution >= 4 is 0 Å². The molecule has 0 N–H and O–H groups in total. The lowest BCUT2D eigenvalue weighted by Crippen LogP contribution is -2.04. The highest BCUT2D eigenvalue weighted by Gasteiger charge is 2.34. The van der Waals surface area contributed by atoms with Crippen LogP contribution in [-0.2, 0) is 12.6 Å². The summed E-state index contributed by atoms with van der Waals surface area (Å²) in [6.07, 6.45) is -4.67. The van der Waals surface area contributed by atoms with Gasteiger partial charge in [0.15, 0.2) is 0 Å². The fourth-order valence-corrected chi connectivity index (χ4v) is 0.866. The fraction of sp³-hybridized carbons (Fsp3) is 0.429. The van der Waals surface area contributed by atoms with Crippen LogP contribution in [-0.4, -0.2) is 11.5 Å². The van der Waals surface area contributed by atoms with E-state index in [2.05, 4.69) is 4.42 Å². The third-order valence-electron chi connectivity index (χ3n) is 1.48. The zero-order chi connectivity index (χ0) is 10.8. The highest BCUT2D eigenvalue weighted by molar-refractivity contribution is 5.09. The highest BCUT2D eigenvalue weighted by Crippen LogP contribution is 2.30. The van der Waals surface area contributed by atoms with Crippen molar-refractivity contribution in [2.24, 2.45) is 0 Å². The molecular weight excluding hydrogens is 203 g/mol. The van der Waals surface area contributed by atoms with Crippen molar-refractivity contribution in [1.82, 2.24) is 0 Å². The SMILES string of the molecule is O=[N+]([O-])CCc1ccc(C(F)(F)F)o1. The van der Waals surface area contributed by atoms with Gasteiger partial charge in [0.1, 0.15) is 5.76 Å². The van der Waals surface area contributed by atoms with Gasteiger partial charge in [0.05, 0.1) is 6.42 Å². The lowest BCUT2D eigenvalue weighted by Gasteiger charge is -2.00. The second-order valence-electron chi connectivity index (χ2n) is 2.57. The zero-order valence-corrected chi connectivity index (χ0v) is 6.87. The minimum absolute atomic E-state index is 0.0333. The van der Waals surface area contributed by atoms with Gasteiger partial charge >= 0.3 is 6.18 Å². The number of hydrogen-bond acceptors (Lipinski definition) is 3. The summed E-state index contributed by atoms with van der Waals surface area (Å²) in [6, 6.07) is 1.85. The van der Waals surface area contributed by atoms with Crippen LogP contribution in [0.2, 0.25) is 0 Å². The average molecular weight is 209 g/mol. The number of alkyl halides is 3. The number of nitro groups is 1. The van der Waals surface area contributed by atoms with E-state index in [4.69, 9.17) is 0 Å². The van der Waals surface area contributed by atoms with Gasteiger partial charge in [-0.25, -0.2) is 0 Å². The van der Waals surface area contributed by atoms with Crippen LogP contribution in [0.1, 0.15) is 11.5 Å². The molecule has 0 aliphatic carbocycles. The molecular formula is C7H6F3NO3. The molecule has 0 aliphatic rings. The van der Waals surface area contributed by atoms with Gasteiger partial charge in [-0.15, -0.1) is 0 Å². The van der Waals surface area contributed by atoms with Gasteiger partial charge in [-0.05, 0) is 12.1 Å². The molecule has 0 aromatic carbocycles. The molecule has 0 bridgehead atoms. The third-order valence-corrected chi connectivity index (χ3v) is 1.48. The van der Waals surface area contributed by atoms with E-state index < -0.39 is 23.4 Å². The molecule has 78 valence electrons. The average Bonchev–Trinajstić information content (AvgIpc) is 2.47. The first-order valence-electron chi connectivity index (χ1n) is 3.67. The van der Waals surface area contributed by atoms with E-state index in [0.717, 1.165) is 12.1 Å². The summed E-state index contributed by atoms with van der Waals surface area (Å²) in [4.78, 5) is 9.30. The minimum Gasteiger partial charge on any atom is -0.456 e. The predicted octanol–water partition coefficient (Wildman–Crippen LogP) is 2.12. The van der Waals surface area contributed by atoms with Crippen LogP contribution in [0.25, 0.3) is 0 Å². The van der Waals surface area contributed by atoms with Gasteiger partial charge in [-0.3, -0.25) is 10.1 Å². The van der Waals surface area contributed by atoms with Gasteiger partial charge in [-0.1, -0.05) is 0 Å². The van der Waals surface area contributed by atoms with Crippen LogP contribution < -0.4 is 0 Å². The van der Waals surface area contributed by atoms with Crippen molar-refractivity contribution in [3.8, 4) is 0 Å². The molecule has 0 spiro atoms. The molecule has 1 heterocycles. The molecule has 0 aliphatic heterocycles. The van der Waals surface area contributed by atoms with E-state index in [1.54, 1.807) is 0 Å². The molecule has 0 radical (unpaired) electrons. The number of nitrogens with zero attached hydrogens (tertiary/aromatic N) is 1. The second kappa shape index (κ2) is 3.69. The quantitative estimate of drug-likeness (QED) is 0.565. The van der Waals surface area contributed by atoms with Gasteiger partial charge in [0, 0.05) is 4.92 Å². The van der Waals surface area contributed by atoms with Gasteiger partial charge in [0.25, 0.3) is 0 Å². The van der Waals surface area contributed by atoms with Crippen molar-refractivity contribution < 1.29 is 22.5 Å². The van der Waals surface area contributed by atoms with Gasteiger partial charge in [0.2, 0.25) is 12.3 Å². The number of hydrogen-bond donors (Lipinski definition) is 0. The molecule has 0 amide bonds. The normalized spacial score (nSPS) is 11.6. The van der Waals surface area contributed by atoms with E-state index in [-0.39, 0.29) is 12.2 Å². The summed E-state index contributed by atoms with van der Waals surface area (Å²) >= 11 is 0. The van der Waals surface area contributed by atoms with Crippen molar-refractivity contribution in [3.05, 3.63) is 33.8 Å². The Kier molecular flexibility index (Phi) is 2.78. The first-order chi connectivity index (χ1) is 6.39. The lowest BCUT2D eigenvalue weighted by molar-refractivity contribution is -0.479. The summed E-state index contributed by atoms with van der Waals surface area (Å²) < 4.78 is 40.3. The van der Waals surface area contributed by atoms with E-state index in [9.17, 15) is 23.3 Å². The van der Waals surface area contributed by atoms with E-state index in [1.807, 2.05) is 0 Å².